The largest absolute Gasteiger partial charge is 0.481 e. The van der Waals surface area contributed by atoms with Crippen molar-refractivity contribution < 1.29 is 19.8 Å². The van der Waals surface area contributed by atoms with Crippen LogP contribution in [0.3, 0.4) is 0 Å². The van der Waals surface area contributed by atoms with Gasteiger partial charge in [0.1, 0.15) is 0 Å². The van der Waals surface area contributed by atoms with E-state index in [4.69, 9.17) is 5.11 Å². The average molecular weight is 300 g/mol. The first-order valence-corrected chi connectivity index (χ1v) is 7.66. The van der Waals surface area contributed by atoms with Gasteiger partial charge in [-0.1, -0.05) is 13.8 Å². The van der Waals surface area contributed by atoms with E-state index < -0.39 is 11.4 Å². The molecular weight excluding hydrogens is 272 g/mol. The summed E-state index contributed by atoms with van der Waals surface area (Å²) in [5.74, 6) is -0.836. The van der Waals surface area contributed by atoms with Gasteiger partial charge in [-0.2, -0.15) is 0 Å². The Morgan fingerprint density at radius 2 is 1.90 bits per heavy atom. The molecule has 1 saturated heterocycles. The summed E-state index contributed by atoms with van der Waals surface area (Å²) in [5, 5.41) is 18.5. The summed E-state index contributed by atoms with van der Waals surface area (Å²) >= 11 is 0. The van der Waals surface area contributed by atoms with Crippen LogP contribution in [0.15, 0.2) is 0 Å². The molecule has 1 fully saturated rings. The molecule has 122 valence electrons. The van der Waals surface area contributed by atoms with Gasteiger partial charge in [-0.15, -0.1) is 0 Å². The number of hydrogen-bond acceptors (Lipinski definition) is 3. The lowest BCUT2D eigenvalue weighted by Crippen LogP contribution is -2.48. The van der Waals surface area contributed by atoms with Crippen LogP contribution in [0, 0.1) is 11.3 Å². The molecule has 0 bridgehead atoms. The first-order valence-electron chi connectivity index (χ1n) is 7.66. The Morgan fingerprint density at radius 1 is 1.29 bits per heavy atom. The van der Waals surface area contributed by atoms with Gasteiger partial charge in [0.2, 0.25) is 0 Å². The summed E-state index contributed by atoms with van der Waals surface area (Å²) in [6, 6.07) is -0.0925. The van der Waals surface area contributed by atoms with E-state index in [0.29, 0.717) is 25.9 Å². The van der Waals surface area contributed by atoms with Crippen molar-refractivity contribution >= 4 is 12.0 Å². The Labute approximate surface area is 126 Å². The number of hydrogen-bond donors (Lipinski definition) is 2. The van der Waals surface area contributed by atoms with E-state index in [1.54, 1.807) is 9.80 Å². The fourth-order valence-electron chi connectivity index (χ4n) is 2.89. The quantitative estimate of drug-likeness (QED) is 0.781. The molecule has 0 radical (unpaired) electrons. The highest BCUT2D eigenvalue weighted by Crippen LogP contribution is 2.38. The Kier molecular flexibility index (Phi) is 6.01. The molecule has 1 aliphatic heterocycles. The van der Waals surface area contributed by atoms with Crippen LogP contribution in [-0.2, 0) is 4.79 Å². The van der Waals surface area contributed by atoms with Crippen molar-refractivity contribution in [3.8, 4) is 0 Å². The van der Waals surface area contributed by atoms with Crippen LogP contribution in [0.1, 0.15) is 40.5 Å². The van der Waals surface area contributed by atoms with E-state index >= 15 is 0 Å². The standard InChI is InChI=1S/C15H28N2O4/c1-11(2)15(13(19)20)6-8-16(10-15)14(21)17(12(3)4)7-5-9-18/h11-12,18H,5-10H2,1-4H3,(H,19,20). The molecule has 2 amide bonds. The normalized spacial score (nSPS) is 22.1. The number of carbonyl (C=O) groups excluding carboxylic acids is 1. The van der Waals surface area contributed by atoms with Gasteiger partial charge < -0.3 is 20.0 Å². The first-order chi connectivity index (χ1) is 9.76. The maximum Gasteiger partial charge on any atom is 0.320 e. The zero-order chi connectivity index (χ0) is 16.2. The third-order valence-corrected chi connectivity index (χ3v) is 4.53. The summed E-state index contributed by atoms with van der Waals surface area (Å²) in [4.78, 5) is 27.6. The van der Waals surface area contributed by atoms with Crippen LogP contribution in [0.4, 0.5) is 4.79 Å². The molecule has 0 aromatic rings. The van der Waals surface area contributed by atoms with Gasteiger partial charge in [0, 0.05) is 32.3 Å². The maximum atomic E-state index is 12.6. The molecule has 1 aliphatic rings. The molecule has 21 heavy (non-hydrogen) atoms. The number of carbonyl (C=O) groups is 2. The van der Waals surface area contributed by atoms with E-state index in [1.807, 2.05) is 27.7 Å². The van der Waals surface area contributed by atoms with Crippen molar-refractivity contribution in [2.75, 3.05) is 26.2 Å². The minimum absolute atomic E-state index is 0.0160. The number of amides is 2. The van der Waals surface area contributed by atoms with Crippen molar-refractivity contribution in [1.82, 2.24) is 9.80 Å². The topological polar surface area (TPSA) is 81.1 Å². The fraction of sp³-hybridized carbons (Fsp3) is 0.867. The minimum Gasteiger partial charge on any atom is -0.481 e. The van der Waals surface area contributed by atoms with Crippen molar-refractivity contribution in [3.63, 3.8) is 0 Å². The summed E-state index contributed by atoms with van der Waals surface area (Å²) in [6.45, 7) is 8.93. The third-order valence-electron chi connectivity index (χ3n) is 4.53. The minimum atomic E-state index is -0.838. The van der Waals surface area contributed by atoms with Crippen molar-refractivity contribution in [3.05, 3.63) is 0 Å². The molecule has 0 aromatic heterocycles. The summed E-state index contributed by atoms with van der Waals surface area (Å²) in [7, 11) is 0. The zero-order valence-electron chi connectivity index (χ0n) is 13.5. The Hall–Kier alpha value is -1.30. The van der Waals surface area contributed by atoms with Crippen LogP contribution in [0.25, 0.3) is 0 Å². The van der Waals surface area contributed by atoms with E-state index in [0.717, 1.165) is 0 Å². The van der Waals surface area contributed by atoms with Gasteiger partial charge in [0.15, 0.2) is 0 Å². The molecule has 1 rings (SSSR count). The van der Waals surface area contributed by atoms with Gasteiger partial charge in [-0.3, -0.25) is 4.79 Å². The molecule has 1 unspecified atom stereocenters. The molecule has 1 heterocycles. The fourth-order valence-corrected chi connectivity index (χ4v) is 2.89. The second-order valence-corrected chi connectivity index (χ2v) is 6.43. The average Bonchev–Trinajstić information content (AvgIpc) is 2.84. The zero-order valence-corrected chi connectivity index (χ0v) is 13.5. The molecule has 6 nitrogen and oxygen atoms in total. The van der Waals surface area contributed by atoms with Crippen LogP contribution in [0.5, 0.6) is 0 Å². The number of likely N-dealkylation sites (tertiary alicyclic amines) is 1. The van der Waals surface area contributed by atoms with Gasteiger partial charge in [0.25, 0.3) is 0 Å². The predicted molar refractivity (Wildman–Crippen MR) is 80.0 cm³/mol. The van der Waals surface area contributed by atoms with Crippen LogP contribution < -0.4 is 0 Å². The van der Waals surface area contributed by atoms with Gasteiger partial charge in [-0.05, 0) is 32.6 Å². The highest BCUT2D eigenvalue weighted by molar-refractivity contribution is 5.80. The number of carboxylic acid groups (broad SMARTS) is 1. The van der Waals surface area contributed by atoms with E-state index in [2.05, 4.69) is 0 Å². The summed E-state index contributed by atoms with van der Waals surface area (Å²) in [6.07, 6.45) is 1.03. The lowest BCUT2D eigenvalue weighted by atomic mass is 9.76. The monoisotopic (exact) mass is 300 g/mol. The summed E-state index contributed by atoms with van der Waals surface area (Å²) in [5.41, 5.74) is -0.838. The van der Waals surface area contributed by atoms with E-state index in [1.165, 1.54) is 0 Å². The maximum absolute atomic E-state index is 12.6. The molecule has 6 heteroatoms. The predicted octanol–water partition coefficient (Wildman–Crippen LogP) is 1.63. The van der Waals surface area contributed by atoms with Gasteiger partial charge in [0.05, 0.1) is 5.41 Å². The number of nitrogens with zero attached hydrogens (tertiary/aromatic N) is 2. The number of rotatable bonds is 6. The van der Waals surface area contributed by atoms with Gasteiger partial charge in [-0.25, -0.2) is 4.79 Å². The molecule has 0 aromatic carbocycles. The van der Waals surface area contributed by atoms with Gasteiger partial charge >= 0.3 is 12.0 Å². The lowest BCUT2D eigenvalue weighted by Gasteiger charge is -2.33. The second-order valence-electron chi connectivity index (χ2n) is 6.43. The number of aliphatic hydroxyl groups is 1. The Balaban J connectivity index is 2.82. The first kappa shape index (κ1) is 17.8. The number of urea groups is 1. The molecule has 0 aliphatic carbocycles. The van der Waals surface area contributed by atoms with Crippen LogP contribution in [-0.4, -0.2) is 64.3 Å². The highest BCUT2D eigenvalue weighted by atomic mass is 16.4. The molecule has 0 spiro atoms. The number of aliphatic carboxylic acids is 1. The Morgan fingerprint density at radius 3 is 2.29 bits per heavy atom. The number of carboxylic acids is 1. The smallest absolute Gasteiger partial charge is 0.320 e. The molecule has 2 N–H and O–H groups in total. The SMILES string of the molecule is CC(C)N(CCCO)C(=O)N1CCC(C(=O)O)(C(C)C)C1. The van der Waals surface area contributed by atoms with Crippen LogP contribution >= 0.6 is 0 Å². The van der Waals surface area contributed by atoms with Crippen LogP contribution in [0.2, 0.25) is 0 Å². The summed E-state index contributed by atoms with van der Waals surface area (Å²) < 4.78 is 0. The Bertz CT molecular complexity index is 384. The van der Waals surface area contributed by atoms with Crippen molar-refractivity contribution in [2.24, 2.45) is 11.3 Å². The highest BCUT2D eigenvalue weighted by Gasteiger charge is 2.49. The lowest BCUT2D eigenvalue weighted by molar-refractivity contribution is -0.150. The van der Waals surface area contributed by atoms with Crippen molar-refractivity contribution in [2.45, 2.75) is 46.6 Å². The third kappa shape index (κ3) is 3.67. The second kappa shape index (κ2) is 7.11. The number of aliphatic hydroxyl groups excluding tert-OH is 1. The molecule has 1 atom stereocenters. The molecular formula is C15H28N2O4. The van der Waals surface area contributed by atoms with E-state index in [9.17, 15) is 14.7 Å². The van der Waals surface area contributed by atoms with Crippen molar-refractivity contribution in [1.29, 1.82) is 0 Å². The molecule has 0 saturated carbocycles. The van der Waals surface area contributed by atoms with E-state index in [-0.39, 0.29) is 31.1 Å².